The molecule has 1 aliphatic heterocycles. The summed E-state index contributed by atoms with van der Waals surface area (Å²) in [5.74, 6) is -1.15. The number of hydrogen-bond donors (Lipinski definition) is 1. The van der Waals surface area contributed by atoms with E-state index in [1.807, 2.05) is 0 Å². The molecule has 0 unspecified atom stereocenters. The van der Waals surface area contributed by atoms with E-state index >= 15 is 0 Å². The Labute approximate surface area is 101 Å². The van der Waals surface area contributed by atoms with Crippen LogP contribution in [0.4, 0.5) is 14.5 Å². The topological polar surface area (TPSA) is 21.3 Å². The van der Waals surface area contributed by atoms with Crippen molar-refractivity contribution in [1.82, 2.24) is 0 Å². The molecule has 0 spiro atoms. The van der Waals surface area contributed by atoms with Gasteiger partial charge in [-0.05, 0) is 34.8 Å². The van der Waals surface area contributed by atoms with Gasteiger partial charge in [0.25, 0.3) is 0 Å². The van der Waals surface area contributed by atoms with Crippen molar-refractivity contribution >= 4 is 21.6 Å². The van der Waals surface area contributed by atoms with Gasteiger partial charge in [-0.25, -0.2) is 8.78 Å². The normalized spacial score (nSPS) is 17.4. The number of halogens is 3. The van der Waals surface area contributed by atoms with Crippen LogP contribution in [0.5, 0.6) is 0 Å². The molecule has 1 heterocycles. The molecule has 1 saturated heterocycles. The fourth-order valence-corrected chi connectivity index (χ4v) is 2.04. The minimum Gasteiger partial charge on any atom is -0.381 e. The summed E-state index contributed by atoms with van der Waals surface area (Å²) in [5.41, 5.74) is 0.333. The van der Waals surface area contributed by atoms with E-state index in [2.05, 4.69) is 21.2 Å². The van der Waals surface area contributed by atoms with Gasteiger partial charge in [0.15, 0.2) is 0 Å². The van der Waals surface area contributed by atoms with Crippen LogP contribution in [0.15, 0.2) is 16.6 Å². The van der Waals surface area contributed by atoms with E-state index in [0.29, 0.717) is 18.9 Å². The molecule has 0 aromatic heterocycles. The molecule has 16 heavy (non-hydrogen) atoms. The van der Waals surface area contributed by atoms with Crippen molar-refractivity contribution in [2.24, 2.45) is 0 Å². The Morgan fingerprint density at radius 1 is 1.19 bits per heavy atom. The quantitative estimate of drug-likeness (QED) is 0.844. The van der Waals surface area contributed by atoms with Crippen molar-refractivity contribution in [1.29, 1.82) is 0 Å². The SMILES string of the molecule is Fc1cc(F)c(NC2CCOCC2)cc1Br. The first-order chi connectivity index (χ1) is 7.66. The third kappa shape index (κ3) is 2.71. The van der Waals surface area contributed by atoms with Gasteiger partial charge in [0, 0.05) is 25.3 Å². The standard InChI is InChI=1S/C11H12BrF2NO/c12-8-5-11(10(14)6-9(8)13)15-7-1-3-16-4-2-7/h5-7,15H,1-4H2. The summed E-state index contributed by atoms with van der Waals surface area (Å²) in [6.07, 6.45) is 1.68. The lowest BCUT2D eigenvalue weighted by Gasteiger charge is -2.24. The van der Waals surface area contributed by atoms with Crippen molar-refractivity contribution in [2.75, 3.05) is 18.5 Å². The Morgan fingerprint density at radius 2 is 1.88 bits per heavy atom. The molecule has 5 heteroatoms. The van der Waals surface area contributed by atoms with Crippen molar-refractivity contribution in [3.63, 3.8) is 0 Å². The van der Waals surface area contributed by atoms with Crippen LogP contribution in [-0.2, 0) is 4.74 Å². The maximum Gasteiger partial charge on any atom is 0.149 e. The highest BCUT2D eigenvalue weighted by atomic mass is 79.9. The molecular formula is C11H12BrF2NO. The second kappa shape index (κ2) is 5.10. The zero-order valence-corrected chi connectivity index (χ0v) is 10.2. The highest BCUT2D eigenvalue weighted by molar-refractivity contribution is 9.10. The molecule has 1 fully saturated rings. The zero-order valence-electron chi connectivity index (χ0n) is 8.60. The molecule has 0 saturated carbocycles. The first-order valence-electron chi connectivity index (χ1n) is 5.15. The summed E-state index contributed by atoms with van der Waals surface area (Å²) < 4.78 is 31.9. The van der Waals surface area contributed by atoms with E-state index in [0.717, 1.165) is 18.9 Å². The molecule has 2 rings (SSSR count). The van der Waals surface area contributed by atoms with Crippen LogP contribution >= 0.6 is 15.9 Å². The number of hydrogen-bond acceptors (Lipinski definition) is 2. The Hall–Kier alpha value is -0.680. The van der Waals surface area contributed by atoms with Gasteiger partial charge in [-0.3, -0.25) is 0 Å². The van der Waals surface area contributed by atoms with Gasteiger partial charge in [0.1, 0.15) is 11.6 Å². The van der Waals surface area contributed by atoms with Crippen molar-refractivity contribution in [2.45, 2.75) is 18.9 Å². The number of rotatable bonds is 2. The molecule has 1 aliphatic rings. The third-order valence-corrected chi connectivity index (χ3v) is 3.20. The second-order valence-corrected chi connectivity index (χ2v) is 4.63. The predicted octanol–water partition coefficient (Wildman–Crippen LogP) is 3.32. The Morgan fingerprint density at radius 3 is 2.56 bits per heavy atom. The molecule has 0 aliphatic carbocycles. The number of ether oxygens (including phenoxy) is 1. The number of benzene rings is 1. The van der Waals surface area contributed by atoms with Gasteiger partial charge in [-0.2, -0.15) is 0 Å². The first kappa shape index (κ1) is 11.8. The maximum absolute atomic E-state index is 13.4. The molecule has 1 aromatic rings. The van der Waals surface area contributed by atoms with Gasteiger partial charge in [0.2, 0.25) is 0 Å². The lowest BCUT2D eigenvalue weighted by Crippen LogP contribution is -2.28. The summed E-state index contributed by atoms with van der Waals surface area (Å²) in [4.78, 5) is 0. The minimum absolute atomic E-state index is 0.195. The number of nitrogens with one attached hydrogen (secondary N) is 1. The summed E-state index contributed by atoms with van der Waals surface area (Å²) >= 11 is 3.04. The molecule has 0 radical (unpaired) electrons. The Balaban J connectivity index is 2.11. The van der Waals surface area contributed by atoms with Gasteiger partial charge in [0.05, 0.1) is 10.2 Å². The van der Waals surface area contributed by atoms with Gasteiger partial charge in [-0.1, -0.05) is 0 Å². The van der Waals surface area contributed by atoms with E-state index in [4.69, 9.17) is 4.74 Å². The van der Waals surface area contributed by atoms with Crippen molar-refractivity contribution in [3.05, 3.63) is 28.2 Å². The molecular weight excluding hydrogens is 280 g/mol. The highest BCUT2D eigenvalue weighted by Crippen LogP contribution is 2.25. The summed E-state index contributed by atoms with van der Waals surface area (Å²) in [5, 5.41) is 3.07. The second-order valence-electron chi connectivity index (χ2n) is 3.78. The van der Waals surface area contributed by atoms with Gasteiger partial charge < -0.3 is 10.1 Å². The van der Waals surface area contributed by atoms with Gasteiger partial charge in [-0.15, -0.1) is 0 Å². The fourth-order valence-electron chi connectivity index (χ4n) is 1.70. The van der Waals surface area contributed by atoms with E-state index in [1.54, 1.807) is 0 Å². The Kier molecular flexibility index (Phi) is 3.76. The average Bonchev–Trinajstić information content (AvgIpc) is 2.27. The maximum atomic E-state index is 13.4. The van der Waals surface area contributed by atoms with Crippen LogP contribution in [0, 0.1) is 11.6 Å². The van der Waals surface area contributed by atoms with Crippen LogP contribution < -0.4 is 5.32 Å². The monoisotopic (exact) mass is 291 g/mol. The van der Waals surface area contributed by atoms with Crippen LogP contribution in [-0.4, -0.2) is 19.3 Å². The molecule has 0 atom stereocenters. The highest BCUT2D eigenvalue weighted by Gasteiger charge is 2.16. The summed E-state index contributed by atoms with van der Waals surface area (Å²) in [6.45, 7) is 1.36. The Bertz CT molecular complexity index is 380. The minimum atomic E-state index is -0.588. The third-order valence-electron chi connectivity index (χ3n) is 2.59. The largest absolute Gasteiger partial charge is 0.381 e. The van der Waals surface area contributed by atoms with E-state index in [1.165, 1.54) is 6.07 Å². The lowest BCUT2D eigenvalue weighted by molar-refractivity contribution is 0.0904. The van der Waals surface area contributed by atoms with Crippen molar-refractivity contribution < 1.29 is 13.5 Å². The van der Waals surface area contributed by atoms with Crippen LogP contribution in [0.3, 0.4) is 0 Å². The molecule has 1 aromatic carbocycles. The van der Waals surface area contributed by atoms with E-state index in [-0.39, 0.29) is 10.5 Å². The molecule has 0 bridgehead atoms. The average molecular weight is 292 g/mol. The van der Waals surface area contributed by atoms with Crippen LogP contribution in [0.2, 0.25) is 0 Å². The van der Waals surface area contributed by atoms with Crippen molar-refractivity contribution in [3.8, 4) is 0 Å². The smallest absolute Gasteiger partial charge is 0.149 e. The molecule has 2 nitrogen and oxygen atoms in total. The molecule has 1 N–H and O–H groups in total. The summed E-state index contributed by atoms with van der Waals surface area (Å²) in [7, 11) is 0. The lowest BCUT2D eigenvalue weighted by atomic mass is 10.1. The molecule has 0 amide bonds. The van der Waals surface area contributed by atoms with Gasteiger partial charge >= 0.3 is 0 Å². The number of anilines is 1. The van der Waals surface area contributed by atoms with Crippen LogP contribution in [0.1, 0.15) is 12.8 Å². The van der Waals surface area contributed by atoms with Crippen LogP contribution in [0.25, 0.3) is 0 Å². The van der Waals surface area contributed by atoms with E-state index < -0.39 is 11.6 Å². The van der Waals surface area contributed by atoms with E-state index in [9.17, 15) is 8.78 Å². The summed E-state index contributed by atoms with van der Waals surface area (Å²) in [6, 6.07) is 2.51. The first-order valence-corrected chi connectivity index (χ1v) is 5.95. The fraction of sp³-hybridized carbons (Fsp3) is 0.455. The predicted molar refractivity (Wildman–Crippen MR) is 61.5 cm³/mol. The zero-order chi connectivity index (χ0) is 11.5. The molecule has 88 valence electrons.